The van der Waals surface area contributed by atoms with Crippen LogP contribution in [-0.4, -0.2) is 20.6 Å². The van der Waals surface area contributed by atoms with E-state index in [9.17, 15) is 4.79 Å². The van der Waals surface area contributed by atoms with Gasteiger partial charge in [-0.05, 0) is 31.2 Å². The Balaban J connectivity index is 2.00. The van der Waals surface area contributed by atoms with E-state index >= 15 is 0 Å². The molecule has 0 aliphatic carbocycles. The van der Waals surface area contributed by atoms with Crippen molar-refractivity contribution in [3.63, 3.8) is 0 Å². The van der Waals surface area contributed by atoms with Crippen molar-refractivity contribution in [2.75, 3.05) is 5.32 Å². The van der Waals surface area contributed by atoms with Crippen molar-refractivity contribution >= 4 is 11.7 Å². The first-order valence-corrected chi connectivity index (χ1v) is 5.77. The third-order valence-corrected chi connectivity index (χ3v) is 2.74. The van der Waals surface area contributed by atoms with Gasteiger partial charge in [-0.3, -0.25) is 0 Å². The molecule has 18 heavy (non-hydrogen) atoms. The van der Waals surface area contributed by atoms with Gasteiger partial charge < -0.3 is 15.0 Å². The minimum Gasteiger partial charge on any atom is -0.478 e. The zero-order valence-corrected chi connectivity index (χ0v) is 10.1. The molecule has 0 aliphatic rings. The van der Waals surface area contributed by atoms with Crippen LogP contribution in [0.5, 0.6) is 0 Å². The molecular formula is C13H15N3O2. The third kappa shape index (κ3) is 2.68. The lowest BCUT2D eigenvalue weighted by Gasteiger charge is -2.08. The van der Waals surface area contributed by atoms with Crippen LogP contribution in [0, 0.1) is 0 Å². The molecule has 0 aliphatic heterocycles. The van der Waals surface area contributed by atoms with Crippen molar-refractivity contribution in [3.05, 3.63) is 48.0 Å². The standard InChI is InChI=1S/C13H15N3O2/c1-2-16-9-14-7-12(16)8-15-11-5-3-10(4-6-11)13(17)18/h3-7,9,15H,2,8H2,1H3,(H,17,18). The summed E-state index contributed by atoms with van der Waals surface area (Å²) in [5, 5.41) is 12.0. The molecule has 94 valence electrons. The van der Waals surface area contributed by atoms with Crippen LogP contribution in [0.1, 0.15) is 23.0 Å². The summed E-state index contributed by atoms with van der Waals surface area (Å²) in [4.78, 5) is 14.8. The zero-order chi connectivity index (χ0) is 13.0. The molecule has 0 radical (unpaired) electrons. The average molecular weight is 245 g/mol. The smallest absolute Gasteiger partial charge is 0.335 e. The fraction of sp³-hybridized carbons (Fsp3) is 0.231. The topological polar surface area (TPSA) is 67.2 Å². The second-order valence-electron chi connectivity index (χ2n) is 3.91. The third-order valence-electron chi connectivity index (χ3n) is 2.74. The molecule has 0 saturated heterocycles. The number of hydrogen-bond acceptors (Lipinski definition) is 3. The summed E-state index contributed by atoms with van der Waals surface area (Å²) < 4.78 is 2.05. The minimum atomic E-state index is -0.911. The fourth-order valence-corrected chi connectivity index (χ4v) is 1.70. The number of imidazole rings is 1. The summed E-state index contributed by atoms with van der Waals surface area (Å²) in [7, 11) is 0. The van der Waals surface area contributed by atoms with E-state index in [0.29, 0.717) is 12.1 Å². The summed E-state index contributed by atoms with van der Waals surface area (Å²) in [5.74, 6) is -0.911. The number of benzene rings is 1. The van der Waals surface area contributed by atoms with Crippen LogP contribution in [0.25, 0.3) is 0 Å². The number of hydrogen-bond donors (Lipinski definition) is 2. The molecule has 1 heterocycles. The molecule has 5 nitrogen and oxygen atoms in total. The van der Waals surface area contributed by atoms with Crippen LogP contribution >= 0.6 is 0 Å². The zero-order valence-electron chi connectivity index (χ0n) is 10.1. The number of carbonyl (C=O) groups is 1. The number of aromatic carboxylic acids is 1. The SMILES string of the molecule is CCn1cncc1CNc1ccc(C(=O)O)cc1. The lowest BCUT2D eigenvalue weighted by Crippen LogP contribution is -2.06. The van der Waals surface area contributed by atoms with Gasteiger partial charge in [-0.2, -0.15) is 0 Å². The van der Waals surface area contributed by atoms with E-state index in [1.807, 2.05) is 6.20 Å². The maximum absolute atomic E-state index is 10.7. The van der Waals surface area contributed by atoms with E-state index in [1.165, 1.54) is 0 Å². The molecule has 0 atom stereocenters. The van der Waals surface area contributed by atoms with Crippen molar-refractivity contribution in [3.8, 4) is 0 Å². The molecule has 0 spiro atoms. The number of rotatable bonds is 5. The molecule has 0 saturated carbocycles. The normalized spacial score (nSPS) is 10.3. The second-order valence-corrected chi connectivity index (χ2v) is 3.91. The molecule has 5 heteroatoms. The van der Waals surface area contributed by atoms with Gasteiger partial charge in [0.25, 0.3) is 0 Å². The van der Waals surface area contributed by atoms with E-state index < -0.39 is 5.97 Å². The van der Waals surface area contributed by atoms with E-state index in [-0.39, 0.29) is 0 Å². The molecule has 0 fully saturated rings. The van der Waals surface area contributed by atoms with Crippen molar-refractivity contribution < 1.29 is 9.90 Å². The summed E-state index contributed by atoms with van der Waals surface area (Å²) in [5.41, 5.74) is 2.28. The Morgan fingerprint density at radius 2 is 2.11 bits per heavy atom. The molecular weight excluding hydrogens is 230 g/mol. The maximum Gasteiger partial charge on any atom is 0.335 e. The summed E-state index contributed by atoms with van der Waals surface area (Å²) in [6, 6.07) is 6.69. The predicted octanol–water partition coefficient (Wildman–Crippen LogP) is 2.21. The van der Waals surface area contributed by atoms with E-state index in [1.54, 1.807) is 30.6 Å². The molecule has 0 amide bonds. The van der Waals surface area contributed by atoms with Crippen LogP contribution < -0.4 is 5.32 Å². The lowest BCUT2D eigenvalue weighted by atomic mass is 10.2. The Morgan fingerprint density at radius 3 is 2.72 bits per heavy atom. The summed E-state index contributed by atoms with van der Waals surface area (Å²) >= 11 is 0. The van der Waals surface area contributed by atoms with Gasteiger partial charge in [0.2, 0.25) is 0 Å². The number of carboxylic acids is 1. The largest absolute Gasteiger partial charge is 0.478 e. The van der Waals surface area contributed by atoms with Gasteiger partial charge in [0.1, 0.15) is 0 Å². The molecule has 1 aromatic heterocycles. The predicted molar refractivity (Wildman–Crippen MR) is 68.6 cm³/mol. The van der Waals surface area contributed by atoms with Gasteiger partial charge >= 0.3 is 5.97 Å². The summed E-state index contributed by atoms with van der Waals surface area (Å²) in [6.07, 6.45) is 3.62. The van der Waals surface area contributed by atoms with Gasteiger partial charge in [-0.15, -0.1) is 0 Å². The number of aryl methyl sites for hydroxylation is 1. The first-order valence-electron chi connectivity index (χ1n) is 5.77. The van der Waals surface area contributed by atoms with Crippen molar-refractivity contribution in [1.29, 1.82) is 0 Å². The Bertz CT molecular complexity index is 531. The van der Waals surface area contributed by atoms with Gasteiger partial charge in [0.15, 0.2) is 0 Å². The molecule has 1 aromatic carbocycles. The first kappa shape index (κ1) is 12.2. The molecule has 2 aromatic rings. The van der Waals surface area contributed by atoms with Gasteiger partial charge in [-0.1, -0.05) is 0 Å². The van der Waals surface area contributed by atoms with Crippen molar-refractivity contribution in [2.45, 2.75) is 20.0 Å². The number of carboxylic acid groups (broad SMARTS) is 1. The highest BCUT2D eigenvalue weighted by Crippen LogP contribution is 2.11. The molecule has 0 unspecified atom stereocenters. The Hall–Kier alpha value is -2.30. The van der Waals surface area contributed by atoms with E-state index in [4.69, 9.17) is 5.11 Å². The highest BCUT2D eigenvalue weighted by atomic mass is 16.4. The first-order chi connectivity index (χ1) is 8.70. The molecule has 2 N–H and O–H groups in total. The highest BCUT2D eigenvalue weighted by Gasteiger charge is 2.03. The van der Waals surface area contributed by atoms with Gasteiger partial charge in [0.05, 0.1) is 24.1 Å². The molecule has 2 rings (SSSR count). The summed E-state index contributed by atoms with van der Waals surface area (Å²) in [6.45, 7) is 3.61. The quantitative estimate of drug-likeness (QED) is 0.847. The Kier molecular flexibility index (Phi) is 3.62. The highest BCUT2D eigenvalue weighted by molar-refractivity contribution is 5.87. The van der Waals surface area contributed by atoms with E-state index in [2.05, 4.69) is 21.8 Å². The number of anilines is 1. The van der Waals surface area contributed by atoms with Crippen molar-refractivity contribution in [2.24, 2.45) is 0 Å². The number of nitrogens with zero attached hydrogens (tertiary/aromatic N) is 2. The van der Waals surface area contributed by atoms with Gasteiger partial charge in [0, 0.05) is 18.4 Å². The maximum atomic E-state index is 10.7. The monoisotopic (exact) mass is 245 g/mol. The number of nitrogens with one attached hydrogen (secondary N) is 1. The van der Waals surface area contributed by atoms with Gasteiger partial charge in [-0.25, -0.2) is 9.78 Å². The number of aromatic nitrogens is 2. The van der Waals surface area contributed by atoms with Crippen LogP contribution in [0.3, 0.4) is 0 Å². The van der Waals surface area contributed by atoms with E-state index in [0.717, 1.165) is 17.9 Å². The molecule has 0 bridgehead atoms. The fourth-order valence-electron chi connectivity index (χ4n) is 1.70. The lowest BCUT2D eigenvalue weighted by molar-refractivity contribution is 0.0697. The van der Waals surface area contributed by atoms with Crippen molar-refractivity contribution in [1.82, 2.24) is 9.55 Å². The minimum absolute atomic E-state index is 0.291. The van der Waals surface area contributed by atoms with Crippen LogP contribution in [0.2, 0.25) is 0 Å². The Labute approximate surface area is 105 Å². The van der Waals surface area contributed by atoms with Crippen LogP contribution in [-0.2, 0) is 13.1 Å². The van der Waals surface area contributed by atoms with Crippen LogP contribution in [0.15, 0.2) is 36.8 Å². The second kappa shape index (κ2) is 5.35. The Morgan fingerprint density at radius 1 is 1.39 bits per heavy atom. The average Bonchev–Trinajstić information content (AvgIpc) is 2.84. The van der Waals surface area contributed by atoms with Crippen LogP contribution in [0.4, 0.5) is 5.69 Å².